The maximum absolute atomic E-state index is 3.93. The zero-order valence-electron chi connectivity index (χ0n) is 10.5. The summed E-state index contributed by atoms with van der Waals surface area (Å²) < 4.78 is 1.09. The number of nitrogens with one attached hydrogen (secondary N) is 1. The minimum absolute atomic E-state index is 0.666. The summed E-state index contributed by atoms with van der Waals surface area (Å²) >= 11 is 5.02. The van der Waals surface area contributed by atoms with Crippen LogP contribution in [0.25, 0.3) is 11.1 Å². The molecule has 0 aliphatic carbocycles. The number of nitrogens with zero attached hydrogens (tertiary/aromatic N) is 3. The number of aromatic amines is 1. The molecule has 1 heterocycles. The second-order valence-electron chi connectivity index (χ2n) is 4.19. The first-order valence-electron chi connectivity index (χ1n) is 6.02. The van der Waals surface area contributed by atoms with E-state index in [0.29, 0.717) is 5.16 Å². The smallest absolute Gasteiger partial charge is 0.176 e. The molecular weight excluding hydrogens is 336 g/mol. The van der Waals surface area contributed by atoms with E-state index >= 15 is 0 Å². The van der Waals surface area contributed by atoms with Gasteiger partial charge in [-0.1, -0.05) is 64.1 Å². The minimum atomic E-state index is 0.666. The summed E-state index contributed by atoms with van der Waals surface area (Å²) in [5, 5.41) is 14.5. The van der Waals surface area contributed by atoms with Crippen LogP contribution in [0.1, 0.15) is 5.56 Å². The third kappa shape index (κ3) is 3.26. The number of hydrogen-bond donors (Lipinski definition) is 1. The highest BCUT2D eigenvalue weighted by Gasteiger charge is 2.03. The second-order valence-corrected chi connectivity index (χ2v) is 6.05. The van der Waals surface area contributed by atoms with E-state index in [1.54, 1.807) is 11.8 Å². The molecule has 0 bridgehead atoms. The first kappa shape index (κ1) is 13.3. The average molecular weight is 347 g/mol. The Morgan fingerprint density at radius 1 is 1.05 bits per heavy atom. The van der Waals surface area contributed by atoms with Crippen molar-refractivity contribution in [1.82, 2.24) is 20.6 Å². The van der Waals surface area contributed by atoms with Gasteiger partial charge in [0.1, 0.15) is 0 Å². The second kappa shape index (κ2) is 6.19. The normalized spacial score (nSPS) is 10.7. The molecule has 0 fully saturated rings. The van der Waals surface area contributed by atoms with Gasteiger partial charge >= 0.3 is 0 Å². The van der Waals surface area contributed by atoms with Crippen molar-refractivity contribution in [2.24, 2.45) is 0 Å². The average Bonchev–Trinajstić information content (AvgIpc) is 3.00. The first-order valence-corrected chi connectivity index (χ1v) is 7.80. The Kier molecular flexibility index (Phi) is 4.13. The van der Waals surface area contributed by atoms with Gasteiger partial charge in [-0.3, -0.25) is 0 Å². The number of rotatable bonds is 4. The maximum atomic E-state index is 3.93. The molecule has 0 unspecified atom stereocenters. The quantitative estimate of drug-likeness (QED) is 0.727. The van der Waals surface area contributed by atoms with Gasteiger partial charge in [-0.25, -0.2) is 0 Å². The SMILES string of the molecule is Brc1ccc(-c2cccc(CSc3nn[nH]n3)c2)cc1. The zero-order chi connectivity index (χ0) is 13.8. The molecule has 0 aliphatic rings. The lowest BCUT2D eigenvalue weighted by Crippen LogP contribution is -1.84. The summed E-state index contributed by atoms with van der Waals surface area (Å²) in [6.45, 7) is 0. The fourth-order valence-electron chi connectivity index (χ4n) is 1.84. The van der Waals surface area contributed by atoms with Crippen LogP contribution < -0.4 is 0 Å². The number of benzene rings is 2. The minimum Gasteiger partial charge on any atom is -0.176 e. The first-order chi connectivity index (χ1) is 9.81. The van der Waals surface area contributed by atoms with Gasteiger partial charge in [0.2, 0.25) is 5.16 Å². The monoisotopic (exact) mass is 346 g/mol. The Hall–Kier alpha value is -1.66. The van der Waals surface area contributed by atoms with Gasteiger partial charge < -0.3 is 0 Å². The highest BCUT2D eigenvalue weighted by atomic mass is 79.9. The Balaban J connectivity index is 1.77. The maximum Gasteiger partial charge on any atom is 0.231 e. The number of thioether (sulfide) groups is 1. The van der Waals surface area contributed by atoms with Crippen LogP contribution in [0.3, 0.4) is 0 Å². The van der Waals surface area contributed by atoms with E-state index in [1.165, 1.54) is 16.7 Å². The Morgan fingerprint density at radius 2 is 1.90 bits per heavy atom. The van der Waals surface area contributed by atoms with E-state index in [1.807, 2.05) is 0 Å². The highest BCUT2D eigenvalue weighted by Crippen LogP contribution is 2.25. The summed E-state index contributed by atoms with van der Waals surface area (Å²) in [6, 6.07) is 16.8. The zero-order valence-corrected chi connectivity index (χ0v) is 12.9. The lowest BCUT2D eigenvalue weighted by molar-refractivity contribution is 0.881. The predicted octanol–water partition coefficient (Wildman–Crippen LogP) is 3.92. The summed E-state index contributed by atoms with van der Waals surface area (Å²) in [5.74, 6) is 0.823. The molecule has 1 N–H and O–H groups in total. The summed E-state index contributed by atoms with van der Waals surface area (Å²) in [6.07, 6.45) is 0. The lowest BCUT2D eigenvalue weighted by atomic mass is 10.0. The Labute approximate surface area is 129 Å². The van der Waals surface area contributed by atoms with Gasteiger partial charge in [-0.05, 0) is 34.0 Å². The number of tetrazole rings is 1. The van der Waals surface area contributed by atoms with Crippen molar-refractivity contribution in [2.45, 2.75) is 10.9 Å². The van der Waals surface area contributed by atoms with E-state index in [9.17, 15) is 0 Å². The topological polar surface area (TPSA) is 54.5 Å². The van der Waals surface area contributed by atoms with Crippen LogP contribution in [0.5, 0.6) is 0 Å². The van der Waals surface area contributed by atoms with Crippen LogP contribution in [-0.2, 0) is 5.75 Å². The molecule has 20 heavy (non-hydrogen) atoms. The van der Waals surface area contributed by atoms with Gasteiger partial charge in [-0.15, -0.1) is 10.2 Å². The van der Waals surface area contributed by atoms with Crippen molar-refractivity contribution in [1.29, 1.82) is 0 Å². The molecule has 1 aromatic heterocycles. The summed E-state index contributed by atoms with van der Waals surface area (Å²) in [7, 11) is 0. The standard InChI is InChI=1S/C14H11BrN4S/c15-13-6-4-11(5-7-13)12-3-1-2-10(8-12)9-20-14-16-18-19-17-14/h1-8H,9H2,(H,16,17,18,19). The molecule has 100 valence electrons. The van der Waals surface area contributed by atoms with Gasteiger partial charge in [0.25, 0.3) is 0 Å². The predicted molar refractivity (Wildman–Crippen MR) is 83.3 cm³/mol. The van der Waals surface area contributed by atoms with E-state index in [4.69, 9.17) is 0 Å². The lowest BCUT2D eigenvalue weighted by Gasteiger charge is -2.05. The number of aromatic nitrogens is 4. The van der Waals surface area contributed by atoms with Crippen LogP contribution in [0.15, 0.2) is 58.2 Å². The molecule has 6 heteroatoms. The van der Waals surface area contributed by atoms with Crippen LogP contribution in [0, 0.1) is 0 Å². The molecule has 2 aromatic carbocycles. The van der Waals surface area contributed by atoms with Crippen molar-refractivity contribution >= 4 is 27.7 Å². The number of hydrogen-bond acceptors (Lipinski definition) is 4. The van der Waals surface area contributed by atoms with Gasteiger partial charge in [-0.2, -0.15) is 5.21 Å². The van der Waals surface area contributed by atoms with E-state index in [-0.39, 0.29) is 0 Å². The van der Waals surface area contributed by atoms with E-state index in [0.717, 1.165) is 10.2 Å². The molecule has 3 rings (SSSR count). The Morgan fingerprint density at radius 3 is 2.65 bits per heavy atom. The van der Waals surface area contributed by atoms with E-state index in [2.05, 4.69) is 85.1 Å². The molecule has 0 radical (unpaired) electrons. The van der Waals surface area contributed by atoms with Crippen molar-refractivity contribution in [3.8, 4) is 11.1 Å². The number of halogens is 1. The van der Waals surface area contributed by atoms with Crippen LogP contribution in [0.4, 0.5) is 0 Å². The molecule has 0 saturated carbocycles. The third-order valence-electron chi connectivity index (χ3n) is 2.80. The van der Waals surface area contributed by atoms with Crippen LogP contribution in [-0.4, -0.2) is 20.6 Å². The van der Waals surface area contributed by atoms with Gasteiger partial charge in [0.05, 0.1) is 0 Å². The Bertz CT molecular complexity index is 683. The van der Waals surface area contributed by atoms with Crippen molar-refractivity contribution in [3.63, 3.8) is 0 Å². The molecule has 0 atom stereocenters. The molecule has 0 saturated heterocycles. The number of H-pyrrole nitrogens is 1. The third-order valence-corrected chi connectivity index (χ3v) is 4.24. The van der Waals surface area contributed by atoms with Crippen LogP contribution >= 0.6 is 27.7 Å². The van der Waals surface area contributed by atoms with E-state index < -0.39 is 0 Å². The molecule has 3 aromatic rings. The largest absolute Gasteiger partial charge is 0.231 e. The highest BCUT2D eigenvalue weighted by molar-refractivity contribution is 9.10. The molecule has 0 aliphatic heterocycles. The summed E-state index contributed by atoms with van der Waals surface area (Å²) in [5.41, 5.74) is 3.66. The molecule has 0 spiro atoms. The van der Waals surface area contributed by atoms with Crippen molar-refractivity contribution in [3.05, 3.63) is 58.6 Å². The van der Waals surface area contributed by atoms with Crippen molar-refractivity contribution < 1.29 is 0 Å². The fraction of sp³-hybridized carbons (Fsp3) is 0.0714. The molecule has 4 nitrogen and oxygen atoms in total. The van der Waals surface area contributed by atoms with Gasteiger partial charge in [0.15, 0.2) is 0 Å². The fourth-order valence-corrected chi connectivity index (χ4v) is 2.79. The molecule has 0 amide bonds. The van der Waals surface area contributed by atoms with Crippen LogP contribution in [0.2, 0.25) is 0 Å². The van der Waals surface area contributed by atoms with Crippen molar-refractivity contribution in [2.75, 3.05) is 0 Å². The van der Waals surface area contributed by atoms with Gasteiger partial charge in [0, 0.05) is 10.2 Å². The summed E-state index contributed by atoms with van der Waals surface area (Å²) in [4.78, 5) is 0. The molecular formula is C14H11BrN4S.